The van der Waals surface area contributed by atoms with Crippen LogP contribution in [0.25, 0.3) is 0 Å². The third-order valence-corrected chi connectivity index (χ3v) is 3.18. The molecular weight excluding hydrogens is 293 g/mol. The summed E-state index contributed by atoms with van der Waals surface area (Å²) in [7, 11) is 0. The first-order valence-corrected chi connectivity index (χ1v) is 7.18. The summed E-state index contributed by atoms with van der Waals surface area (Å²) in [4.78, 5) is 11.6. The molecule has 1 amide bonds. The van der Waals surface area contributed by atoms with Crippen LogP contribution in [0.4, 0.5) is 9.18 Å². The van der Waals surface area contributed by atoms with Gasteiger partial charge in [0, 0.05) is 18.0 Å². The Morgan fingerprint density at radius 2 is 1.95 bits per heavy atom. The average molecular weight is 314 g/mol. The van der Waals surface area contributed by atoms with Crippen molar-refractivity contribution in [2.75, 3.05) is 6.54 Å². The fraction of sp³-hybridized carbons (Fsp3) is 0.438. The maximum atomic E-state index is 12.9. The van der Waals surface area contributed by atoms with Crippen LogP contribution in [0, 0.1) is 5.82 Å². The molecule has 3 nitrogen and oxygen atoms in total. The molecule has 0 saturated heterocycles. The van der Waals surface area contributed by atoms with E-state index in [1.165, 1.54) is 17.7 Å². The first kappa shape index (κ1) is 17.5. The van der Waals surface area contributed by atoms with Crippen LogP contribution in [0.5, 0.6) is 0 Å². The van der Waals surface area contributed by atoms with E-state index in [4.69, 9.17) is 16.3 Å². The van der Waals surface area contributed by atoms with Gasteiger partial charge in [-0.25, -0.2) is 9.18 Å². The molecule has 1 aromatic rings. The highest BCUT2D eigenvalue weighted by Crippen LogP contribution is 2.24. The molecule has 1 unspecified atom stereocenters. The second kappa shape index (κ2) is 7.46. The smallest absolute Gasteiger partial charge is 0.407 e. The van der Waals surface area contributed by atoms with E-state index < -0.39 is 11.7 Å². The van der Waals surface area contributed by atoms with Crippen LogP contribution >= 0.6 is 11.6 Å². The molecule has 0 aliphatic heterocycles. The van der Waals surface area contributed by atoms with E-state index in [2.05, 4.69) is 5.32 Å². The molecule has 1 atom stereocenters. The first-order chi connectivity index (χ1) is 9.73. The molecule has 0 aromatic heterocycles. The predicted octanol–water partition coefficient (Wildman–Crippen LogP) is 4.58. The monoisotopic (exact) mass is 313 g/mol. The highest BCUT2D eigenvalue weighted by atomic mass is 35.5. The van der Waals surface area contributed by atoms with E-state index in [1.807, 2.05) is 6.92 Å². The summed E-state index contributed by atoms with van der Waals surface area (Å²) in [5.41, 5.74) is 2.63. The summed E-state index contributed by atoms with van der Waals surface area (Å²) < 4.78 is 18.1. The number of ether oxygens (including phenoxy) is 1. The normalized spacial score (nSPS) is 13.7. The summed E-state index contributed by atoms with van der Waals surface area (Å²) in [6.07, 6.45) is -0.496. The van der Waals surface area contributed by atoms with Crippen molar-refractivity contribution in [3.05, 3.63) is 46.8 Å². The number of carbonyl (C=O) groups is 1. The van der Waals surface area contributed by atoms with Gasteiger partial charge in [0.15, 0.2) is 0 Å². The van der Waals surface area contributed by atoms with E-state index in [1.54, 1.807) is 32.9 Å². The van der Waals surface area contributed by atoms with Crippen molar-refractivity contribution in [3.63, 3.8) is 0 Å². The average Bonchev–Trinajstić information content (AvgIpc) is 2.38. The minimum absolute atomic E-state index is 0.0296. The number of alkyl carbamates (subject to hydrolysis) is 1. The minimum atomic E-state index is -0.544. The lowest BCUT2D eigenvalue weighted by atomic mass is 9.94. The van der Waals surface area contributed by atoms with Gasteiger partial charge in [-0.05, 0) is 44.0 Å². The number of amides is 1. The van der Waals surface area contributed by atoms with E-state index in [0.717, 1.165) is 11.1 Å². The molecule has 0 fully saturated rings. The summed E-state index contributed by atoms with van der Waals surface area (Å²) >= 11 is 5.83. The van der Waals surface area contributed by atoms with Gasteiger partial charge in [0.25, 0.3) is 0 Å². The third-order valence-electron chi connectivity index (χ3n) is 2.90. The second-order valence-electron chi connectivity index (χ2n) is 5.81. The Morgan fingerprint density at radius 3 is 2.43 bits per heavy atom. The predicted molar refractivity (Wildman–Crippen MR) is 83.0 cm³/mol. The van der Waals surface area contributed by atoms with Gasteiger partial charge >= 0.3 is 6.09 Å². The van der Waals surface area contributed by atoms with E-state index in [9.17, 15) is 9.18 Å². The number of halogens is 2. The Kier molecular flexibility index (Phi) is 6.21. The zero-order chi connectivity index (χ0) is 16.0. The fourth-order valence-electron chi connectivity index (χ4n) is 1.74. The molecule has 0 aliphatic carbocycles. The van der Waals surface area contributed by atoms with Crippen LogP contribution < -0.4 is 5.32 Å². The van der Waals surface area contributed by atoms with Crippen molar-refractivity contribution in [1.29, 1.82) is 0 Å². The Bertz CT molecular complexity index is 506. The summed E-state index contributed by atoms with van der Waals surface area (Å²) in [5.74, 6) is -0.313. The largest absolute Gasteiger partial charge is 0.444 e. The van der Waals surface area contributed by atoms with Crippen molar-refractivity contribution in [2.45, 2.75) is 39.2 Å². The summed E-state index contributed by atoms with van der Waals surface area (Å²) in [5, 5.41) is 2.66. The van der Waals surface area contributed by atoms with Gasteiger partial charge in [0.1, 0.15) is 11.4 Å². The van der Waals surface area contributed by atoms with E-state index in [-0.39, 0.29) is 18.3 Å². The topological polar surface area (TPSA) is 38.3 Å². The van der Waals surface area contributed by atoms with Gasteiger partial charge < -0.3 is 10.1 Å². The Balaban J connectivity index is 2.63. The molecular formula is C16H21ClFNO2. The maximum absolute atomic E-state index is 12.9. The van der Waals surface area contributed by atoms with Crippen molar-refractivity contribution in [2.24, 2.45) is 0 Å². The zero-order valence-electron chi connectivity index (χ0n) is 12.7. The molecule has 1 rings (SSSR count). The standard InChI is InChI=1S/C16H21ClFNO2/c1-11(12-5-7-14(18)8-6-12)13(9-17)10-19-15(20)21-16(2,3)4/h5-9,11H,10H2,1-4H3,(H,19,20)/b13-9+. The third kappa shape index (κ3) is 6.17. The molecule has 5 heteroatoms. The van der Waals surface area contributed by atoms with Gasteiger partial charge in [-0.2, -0.15) is 0 Å². The molecule has 1 aromatic carbocycles. The highest BCUT2D eigenvalue weighted by molar-refractivity contribution is 6.25. The quantitative estimate of drug-likeness (QED) is 0.883. The van der Waals surface area contributed by atoms with Gasteiger partial charge in [-0.3, -0.25) is 0 Å². The van der Waals surface area contributed by atoms with Gasteiger partial charge in [0.2, 0.25) is 0 Å². The highest BCUT2D eigenvalue weighted by Gasteiger charge is 2.17. The van der Waals surface area contributed by atoms with Crippen LogP contribution in [0.3, 0.4) is 0 Å². The molecule has 0 aliphatic rings. The van der Waals surface area contributed by atoms with Crippen LogP contribution in [0.1, 0.15) is 39.2 Å². The Labute approximate surface area is 130 Å². The molecule has 21 heavy (non-hydrogen) atoms. The van der Waals surface area contributed by atoms with Crippen molar-refractivity contribution in [1.82, 2.24) is 5.32 Å². The molecule has 0 heterocycles. The Hall–Kier alpha value is -1.55. The lowest BCUT2D eigenvalue weighted by molar-refractivity contribution is 0.0532. The van der Waals surface area contributed by atoms with Gasteiger partial charge in [-0.15, -0.1) is 0 Å². The molecule has 0 saturated carbocycles. The van der Waals surface area contributed by atoms with Crippen LogP contribution in [-0.4, -0.2) is 18.2 Å². The van der Waals surface area contributed by atoms with Crippen molar-refractivity contribution in [3.8, 4) is 0 Å². The summed E-state index contributed by atoms with van der Waals surface area (Å²) in [6.45, 7) is 7.61. The summed E-state index contributed by atoms with van der Waals surface area (Å²) in [6, 6.07) is 6.21. The van der Waals surface area contributed by atoms with Crippen LogP contribution in [0.2, 0.25) is 0 Å². The van der Waals surface area contributed by atoms with Crippen LogP contribution in [0.15, 0.2) is 35.4 Å². The maximum Gasteiger partial charge on any atom is 0.407 e. The number of hydrogen-bond donors (Lipinski definition) is 1. The molecule has 0 spiro atoms. The number of nitrogens with one attached hydrogen (secondary N) is 1. The Morgan fingerprint density at radius 1 is 1.38 bits per heavy atom. The van der Waals surface area contributed by atoms with E-state index in [0.29, 0.717) is 0 Å². The lowest BCUT2D eigenvalue weighted by Crippen LogP contribution is -2.34. The molecule has 0 radical (unpaired) electrons. The zero-order valence-corrected chi connectivity index (χ0v) is 13.5. The number of carbonyl (C=O) groups excluding carboxylic acids is 1. The van der Waals surface area contributed by atoms with Crippen molar-refractivity contribution >= 4 is 17.7 Å². The number of benzene rings is 1. The molecule has 1 N–H and O–H groups in total. The second-order valence-corrected chi connectivity index (χ2v) is 6.03. The molecule has 0 bridgehead atoms. The molecule has 116 valence electrons. The first-order valence-electron chi connectivity index (χ1n) is 6.74. The fourth-order valence-corrected chi connectivity index (χ4v) is 2.01. The van der Waals surface area contributed by atoms with Gasteiger partial charge in [-0.1, -0.05) is 30.7 Å². The number of hydrogen-bond acceptors (Lipinski definition) is 2. The lowest BCUT2D eigenvalue weighted by Gasteiger charge is -2.21. The van der Waals surface area contributed by atoms with Crippen LogP contribution in [-0.2, 0) is 4.74 Å². The van der Waals surface area contributed by atoms with Gasteiger partial charge in [0.05, 0.1) is 0 Å². The van der Waals surface area contributed by atoms with E-state index >= 15 is 0 Å². The van der Waals surface area contributed by atoms with Crippen molar-refractivity contribution < 1.29 is 13.9 Å². The SMILES string of the molecule is CC(/C(=C/Cl)CNC(=O)OC(C)(C)C)c1ccc(F)cc1. The minimum Gasteiger partial charge on any atom is -0.444 e. The number of rotatable bonds is 4.